The molecule has 1 aliphatic heterocycles. The number of amides is 1. The number of benzene rings is 1. The number of hydrogen-bond acceptors (Lipinski definition) is 5. The Balaban J connectivity index is 1.86. The van der Waals surface area contributed by atoms with Gasteiger partial charge in [-0.05, 0) is 64.7 Å². The number of carbonyl (C=O) groups excluding carboxylic acids is 1. The Bertz CT molecular complexity index is 701. The molecule has 170 valence electrons. The van der Waals surface area contributed by atoms with Crippen LogP contribution in [0, 0.1) is 0 Å². The van der Waals surface area contributed by atoms with Crippen molar-refractivity contribution >= 4 is 17.4 Å². The molecule has 0 radical (unpaired) electrons. The van der Waals surface area contributed by atoms with E-state index in [1.807, 2.05) is 31.2 Å². The number of hydrogen-bond donors (Lipinski definition) is 0. The van der Waals surface area contributed by atoms with Gasteiger partial charge in [0.25, 0.3) is 11.3 Å². The van der Waals surface area contributed by atoms with Gasteiger partial charge >= 0.3 is 6.09 Å². The first-order valence-corrected chi connectivity index (χ1v) is 12.0. The molecule has 0 bridgehead atoms. The predicted octanol–water partition coefficient (Wildman–Crippen LogP) is 5.57. The first-order valence-electron chi connectivity index (χ1n) is 10.9. The lowest BCUT2D eigenvalue weighted by molar-refractivity contribution is 0.0267. The molecule has 1 fully saturated rings. The standard InChI is InChI=1S/C23H37NO5S/c1-6-7-8-9-10-17-27-20-13-11-19(12-14-20)15-16-23(5)18-28-30(26)24(23)21(25)29-22(2,3)4/h11-14H,6-10,15-18H2,1-5H3/t23?,30-/m1/s1. The minimum absolute atomic E-state index is 0.220. The van der Waals surface area contributed by atoms with Gasteiger partial charge < -0.3 is 9.47 Å². The van der Waals surface area contributed by atoms with E-state index in [2.05, 4.69) is 6.92 Å². The Hall–Kier alpha value is -1.60. The zero-order valence-electron chi connectivity index (χ0n) is 19.1. The van der Waals surface area contributed by atoms with Gasteiger partial charge in [-0.25, -0.2) is 9.00 Å². The van der Waals surface area contributed by atoms with Crippen molar-refractivity contribution in [2.24, 2.45) is 0 Å². The SMILES string of the molecule is CCCCCCCOc1ccc(CCC2(C)CO[S@@](=O)N2C(=O)OC(C)(C)C)cc1. The van der Waals surface area contributed by atoms with E-state index in [-0.39, 0.29) is 6.61 Å². The summed E-state index contributed by atoms with van der Waals surface area (Å²) in [6.07, 6.45) is 6.84. The molecule has 1 unspecified atom stereocenters. The van der Waals surface area contributed by atoms with Gasteiger partial charge in [0, 0.05) is 0 Å². The van der Waals surface area contributed by atoms with Gasteiger partial charge in [0.05, 0.1) is 18.8 Å². The second-order valence-electron chi connectivity index (χ2n) is 9.16. The summed E-state index contributed by atoms with van der Waals surface area (Å²) in [5.41, 5.74) is -0.203. The van der Waals surface area contributed by atoms with Crippen LogP contribution in [-0.4, -0.2) is 39.0 Å². The van der Waals surface area contributed by atoms with Crippen LogP contribution >= 0.6 is 0 Å². The van der Waals surface area contributed by atoms with E-state index in [0.717, 1.165) is 30.8 Å². The zero-order valence-corrected chi connectivity index (χ0v) is 19.9. The van der Waals surface area contributed by atoms with Crippen molar-refractivity contribution < 1.29 is 22.7 Å². The topological polar surface area (TPSA) is 65.1 Å². The molecule has 0 aromatic heterocycles. The molecule has 30 heavy (non-hydrogen) atoms. The fourth-order valence-corrected chi connectivity index (χ4v) is 4.41. The van der Waals surface area contributed by atoms with Crippen molar-refractivity contribution in [1.82, 2.24) is 4.31 Å². The first-order chi connectivity index (χ1) is 14.1. The Labute approximate surface area is 184 Å². The summed E-state index contributed by atoms with van der Waals surface area (Å²) in [6, 6.07) is 8.05. The summed E-state index contributed by atoms with van der Waals surface area (Å²) in [5.74, 6) is 0.876. The highest BCUT2D eigenvalue weighted by atomic mass is 32.2. The number of aryl methyl sites for hydroxylation is 1. The summed E-state index contributed by atoms with van der Waals surface area (Å²) in [4.78, 5) is 12.5. The molecule has 1 aromatic rings. The maximum atomic E-state index is 12.5. The van der Waals surface area contributed by atoms with E-state index in [1.165, 1.54) is 30.0 Å². The molecule has 1 aliphatic rings. The van der Waals surface area contributed by atoms with Gasteiger partial charge in [-0.2, -0.15) is 4.31 Å². The van der Waals surface area contributed by atoms with Crippen LogP contribution in [0.4, 0.5) is 4.79 Å². The van der Waals surface area contributed by atoms with Crippen molar-refractivity contribution in [2.75, 3.05) is 13.2 Å². The Morgan fingerprint density at radius 3 is 2.47 bits per heavy atom. The summed E-state index contributed by atoms with van der Waals surface area (Å²) in [6.45, 7) is 10.4. The van der Waals surface area contributed by atoms with E-state index in [0.29, 0.717) is 6.42 Å². The molecule has 1 saturated heterocycles. The highest BCUT2D eigenvalue weighted by Gasteiger charge is 2.48. The van der Waals surface area contributed by atoms with E-state index in [9.17, 15) is 9.00 Å². The molecule has 1 amide bonds. The number of carbonyl (C=O) groups is 1. The average Bonchev–Trinajstić information content (AvgIpc) is 2.97. The highest BCUT2D eigenvalue weighted by Crippen LogP contribution is 2.32. The van der Waals surface area contributed by atoms with E-state index >= 15 is 0 Å². The van der Waals surface area contributed by atoms with Gasteiger partial charge in [-0.1, -0.05) is 44.7 Å². The molecule has 0 spiro atoms. The molecule has 2 atom stereocenters. The van der Waals surface area contributed by atoms with Crippen LogP contribution in [0.1, 0.15) is 78.7 Å². The minimum Gasteiger partial charge on any atom is -0.494 e. The molecular weight excluding hydrogens is 402 g/mol. The van der Waals surface area contributed by atoms with Crippen LogP contribution in [0.2, 0.25) is 0 Å². The van der Waals surface area contributed by atoms with Crippen molar-refractivity contribution in [2.45, 2.75) is 90.7 Å². The van der Waals surface area contributed by atoms with Crippen molar-refractivity contribution in [3.8, 4) is 5.75 Å². The Morgan fingerprint density at radius 2 is 1.83 bits per heavy atom. The molecule has 2 rings (SSSR count). The smallest absolute Gasteiger partial charge is 0.424 e. The van der Waals surface area contributed by atoms with Gasteiger partial charge in [0.1, 0.15) is 11.4 Å². The zero-order chi connectivity index (χ0) is 22.2. The molecule has 1 aromatic carbocycles. The summed E-state index contributed by atoms with van der Waals surface area (Å²) in [5, 5.41) is 0. The lowest BCUT2D eigenvalue weighted by atomic mass is 9.94. The summed E-state index contributed by atoms with van der Waals surface area (Å²) < 4.78 is 30.0. The predicted molar refractivity (Wildman–Crippen MR) is 120 cm³/mol. The summed E-state index contributed by atoms with van der Waals surface area (Å²) in [7, 11) is 0. The van der Waals surface area contributed by atoms with Crippen LogP contribution in [0.25, 0.3) is 0 Å². The Kier molecular flexibility index (Phi) is 9.16. The lowest BCUT2D eigenvalue weighted by Crippen LogP contribution is -2.49. The van der Waals surface area contributed by atoms with Crippen LogP contribution < -0.4 is 4.74 Å². The molecule has 0 saturated carbocycles. The lowest BCUT2D eigenvalue weighted by Gasteiger charge is -2.32. The first kappa shape index (κ1) is 24.7. The average molecular weight is 440 g/mol. The number of unbranched alkanes of at least 4 members (excludes halogenated alkanes) is 4. The normalized spacial score (nSPS) is 21.6. The molecule has 7 heteroatoms. The van der Waals surface area contributed by atoms with Crippen LogP contribution in [0.5, 0.6) is 5.75 Å². The summed E-state index contributed by atoms with van der Waals surface area (Å²) >= 11 is -1.82. The maximum absolute atomic E-state index is 12.5. The molecule has 0 N–H and O–H groups in total. The molecular formula is C23H37NO5S. The van der Waals surface area contributed by atoms with E-state index in [1.54, 1.807) is 20.8 Å². The van der Waals surface area contributed by atoms with Crippen LogP contribution in [-0.2, 0) is 26.6 Å². The molecule has 1 heterocycles. The van der Waals surface area contributed by atoms with Gasteiger partial charge in [-0.3, -0.25) is 4.18 Å². The van der Waals surface area contributed by atoms with Crippen molar-refractivity contribution in [3.05, 3.63) is 29.8 Å². The monoisotopic (exact) mass is 439 g/mol. The van der Waals surface area contributed by atoms with Crippen LogP contribution in [0.3, 0.4) is 0 Å². The second kappa shape index (κ2) is 11.1. The van der Waals surface area contributed by atoms with Crippen LogP contribution in [0.15, 0.2) is 24.3 Å². The highest BCUT2D eigenvalue weighted by molar-refractivity contribution is 7.78. The van der Waals surface area contributed by atoms with Gasteiger partial charge in [0.2, 0.25) is 0 Å². The van der Waals surface area contributed by atoms with Crippen molar-refractivity contribution in [1.29, 1.82) is 0 Å². The number of rotatable bonds is 10. The third kappa shape index (κ3) is 7.58. The minimum atomic E-state index is -1.82. The fraction of sp³-hybridized carbons (Fsp3) is 0.696. The van der Waals surface area contributed by atoms with Crippen molar-refractivity contribution in [3.63, 3.8) is 0 Å². The molecule has 0 aliphatic carbocycles. The fourth-order valence-electron chi connectivity index (χ4n) is 3.29. The number of ether oxygens (including phenoxy) is 2. The van der Waals surface area contributed by atoms with E-state index < -0.39 is 28.5 Å². The van der Waals surface area contributed by atoms with E-state index in [4.69, 9.17) is 13.7 Å². The van der Waals surface area contributed by atoms with Gasteiger partial charge in [0.15, 0.2) is 0 Å². The second-order valence-corrected chi connectivity index (χ2v) is 10.2. The third-order valence-corrected chi connectivity index (χ3v) is 6.27. The maximum Gasteiger partial charge on any atom is 0.424 e. The number of nitrogens with zero attached hydrogens (tertiary/aromatic N) is 1. The third-order valence-electron chi connectivity index (χ3n) is 5.06. The Morgan fingerprint density at radius 1 is 1.17 bits per heavy atom. The largest absolute Gasteiger partial charge is 0.494 e. The molecule has 6 nitrogen and oxygen atoms in total. The van der Waals surface area contributed by atoms with Gasteiger partial charge in [-0.15, -0.1) is 0 Å². The quantitative estimate of drug-likeness (QED) is 0.446.